The summed E-state index contributed by atoms with van der Waals surface area (Å²) in [6.45, 7) is 3.61. The van der Waals surface area contributed by atoms with Gasteiger partial charge >= 0.3 is 0 Å². The van der Waals surface area contributed by atoms with Crippen LogP contribution in [-0.4, -0.2) is 18.8 Å². The van der Waals surface area contributed by atoms with E-state index in [-0.39, 0.29) is 0 Å². The fourth-order valence-corrected chi connectivity index (χ4v) is 2.96. The van der Waals surface area contributed by atoms with Crippen LogP contribution < -0.4 is 5.73 Å². The maximum absolute atomic E-state index is 11.4. The standard InChI is InChI=1S/C9H14NOPS/c1-12(2,11)7-13-9-5-3-8(10)4-6-9/h3-6H,7,10H2,1-2H3. The minimum atomic E-state index is -1.91. The van der Waals surface area contributed by atoms with Gasteiger partial charge in [-0.1, -0.05) is 0 Å². The molecule has 0 aromatic heterocycles. The summed E-state index contributed by atoms with van der Waals surface area (Å²) in [7, 11) is -1.91. The monoisotopic (exact) mass is 215 g/mol. The van der Waals surface area contributed by atoms with Gasteiger partial charge in [0.2, 0.25) is 0 Å². The molecule has 1 aromatic carbocycles. The topological polar surface area (TPSA) is 43.1 Å². The molecule has 0 atom stereocenters. The summed E-state index contributed by atoms with van der Waals surface area (Å²) in [6.07, 6.45) is 0. The van der Waals surface area contributed by atoms with Crippen molar-refractivity contribution in [3.8, 4) is 0 Å². The van der Waals surface area contributed by atoms with Gasteiger partial charge in [-0.05, 0) is 37.6 Å². The van der Waals surface area contributed by atoms with Gasteiger partial charge in [0, 0.05) is 10.6 Å². The van der Waals surface area contributed by atoms with Gasteiger partial charge in [0.05, 0.1) is 12.6 Å². The lowest BCUT2D eigenvalue weighted by Crippen LogP contribution is -1.84. The molecule has 4 heteroatoms. The number of nitrogen functional groups attached to an aromatic ring is 1. The summed E-state index contributed by atoms with van der Waals surface area (Å²) in [4.78, 5) is 1.12. The largest absolute Gasteiger partial charge is 0.399 e. The lowest BCUT2D eigenvalue weighted by atomic mass is 10.3. The van der Waals surface area contributed by atoms with E-state index in [1.165, 1.54) is 0 Å². The lowest BCUT2D eigenvalue weighted by Gasteiger charge is -2.05. The smallest absolute Gasteiger partial charge is 0.0916 e. The molecule has 13 heavy (non-hydrogen) atoms. The maximum Gasteiger partial charge on any atom is 0.0916 e. The normalized spacial score (nSPS) is 11.5. The first-order chi connectivity index (χ1) is 5.97. The van der Waals surface area contributed by atoms with Crippen molar-refractivity contribution in [1.29, 1.82) is 0 Å². The zero-order valence-electron chi connectivity index (χ0n) is 7.86. The molecule has 1 aromatic rings. The van der Waals surface area contributed by atoms with E-state index in [4.69, 9.17) is 5.73 Å². The molecular weight excluding hydrogens is 201 g/mol. The first kappa shape index (κ1) is 10.7. The molecule has 2 nitrogen and oxygen atoms in total. The summed E-state index contributed by atoms with van der Waals surface area (Å²) >= 11 is 1.62. The van der Waals surface area contributed by atoms with Gasteiger partial charge in [-0.25, -0.2) is 0 Å². The number of anilines is 1. The van der Waals surface area contributed by atoms with Crippen LogP contribution in [0.15, 0.2) is 29.2 Å². The van der Waals surface area contributed by atoms with Crippen molar-refractivity contribution in [3.05, 3.63) is 24.3 Å². The Morgan fingerprint density at radius 3 is 2.31 bits per heavy atom. The highest BCUT2D eigenvalue weighted by Crippen LogP contribution is 2.42. The molecule has 0 aliphatic carbocycles. The molecule has 0 fully saturated rings. The van der Waals surface area contributed by atoms with Crippen molar-refractivity contribution in [2.24, 2.45) is 0 Å². The van der Waals surface area contributed by atoms with Crippen LogP contribution in [0.3, 0.4) is 0 Å². The number of thioether (sulfide) groups is 1. The van der Waals surface area contributed by atoms with Crippen LogP contribution in [0.5, 0.6) is 0 Å². The Kier molecular flexibility index (Phi) is 3.46. The van der Waals surface area contributed by atoms with Crippen LogP contribution in [0.25, 0.3) is 0 Å². The molecule has 0 saturated heterocycles. The van der Waals surface area contributed by atoms with Crippen LogP contribution in [0, 0.1) is 0 Å². The summed E-state index contributed by atoms with van der Waals surface area (Å²) in [5.41, 5.74) is 7.00. The van der Waals surface area contributed by atoms with Crippen molar-refractivity contribution >= 4 is 24.6 Å². The van der Waals surface area contributed by atoms with Gasteiger partial charge in [-0.15, -0.1) is 11.8 Å². The second kappa shape index (κ2) is 4.21. The van der Waals surface area contributed by atoms with Crippen LogP contribution in [-0.2, 0) is 4.57 Å². The fourth-order valence-electron chi connectivity index (χ4n) is 0.794. The molecule has 0 bridgehead atoms. The molecule has 0 heterocycles. The van der Waals surface area contributed by atoms with Crippen LogP contribution in [0.2, 0.25) is 0 Å². The Hall–Kier alpha value is -0.400. The molecule has 0 amide bonds. The molecule has 0 unspecified atom stereocenters. The van der Waals surface area contributed by atoms with E-state index in [1.54, 1.807) is 25.1 Å². The highest BCUT2D eigenvalue weighted by Gasteiger charge is 2.06. The Balaban J connectivity index is 2.56. The Bertz CT molecular complexity index is 317. The van der Waals surface area contributed by atoms with Gasteiger partial charge in [0.1, 0.15) is 0 Å². The second-order valence-corrected chi connectivity index (χ2v) is 8.36. The molecule has 0 aliphatic heterocycles. The van der Waals surface area contributed by atoms with Gasteiger partial charge in [-0.3, -0.25) is 0 Å². The first-order valence-electron chi connectivity index (χ1n) is 4.00. The number of rotatable bonds is 3. The minimum absolute atomic E-state index is 0.691. The van der Waals surface area contributed by atoms with Crippen molar-refractivity contribution < 1.29 is 4.57 Å². The third-order valence-corrected chi connectivity index (χ3v) is 5.03. The second-order valence-electron chi connectivity index (χ2n) is 3.42. The molecule has 1 rings (SSSR count). The number of nitrogens with two attached hydrogens (primary N) is 1. The Labute approximate surface area is 83.3 Å². The maximum atomic E-state index is 11.4. The zero-order valence-corrected chi connectivity index (χ0v) is 9.57. The summed E-state index contributed by atoms with van der Waals surface area (Å²) in [5, 5.41) is 0. The molecule has 0 aliphatic rings. The molecule has 0 radical (unpaired) electrons. The number of benzene rings is 1. The minimum Gasteiger partial charge on any atom is -0.399 e. The SMILES string of the molecule is CP(C)(=O)CSc1ccc(N)cc1. The molecular formula is C9H14NOPS. The van der Waals surface area contributed by atoms with Crippen molar-refractivity contribution in [2.75, 3.05) is 24.6 Å². The van der Waals surface area contributed by atoms with Crippen molar-refractivity contribution in [2.45, 2.75) is 4.90 Å². The van der Waals surface area contributed by atoms with E-state index in [1.807, 2.05) is 24.3 Å². The summed E-state index contributed by atoms with van der Waals surface area (Å²) < 4.78 is 11.4. The van der Waals surface area contributed by atoms with Crippen LogP contribution in [0.1, 0.15) is 0 Å². The number of hydrogen-bond donors (Lipinski definition) is 1. The van der Waals surface area contributed by atoms with E-state index in [2.05, 4.69) is 0 Å². The third-order valence-electron chi connectivity index (χ3n) is 1.42. The highest BCUT2D eigenvalue weighted by atomic mass is 32.2. The summed E-state index contributed by atoms with van der Waals surface area (Å²) in [6, 6.07) is 7.63. The lowest BCUT2D eigenvalue weighted by molar-refractivity contribution is 0.585. The quantitative estimate of drug-likeness (QED) is 0.479. The predicted octanol–water partition coefficient (Wildman–Crippen LogP) is 2.94. The molecule has 0 spiro atoms. The fraction of sp³-hybridized carbons (Fsp3) is 0.333. The van der Waals surface area contributed by atoms with Crippen LogP contribution >= 0.6 is 18.9 Å². The molecule has 0 saturated carbocycles. The van der Waals surface area contributed by atoms with Crippen molar-refractivity contribution in [1.82, 2.24) is 0 Å². The van der Waals surface area contributed by atoms with Gasteiger partial charge in [0.15, 0.2) is 0 Å². The van der Waals surface area contributed by atoms with E-state index in [9.17, 15) is 4.57 Å². The van der Waals surface area contributed by atoms with Gasteiger partial charge in [-0.2, -0.15) is 0 Å². The van der Waals surface area contributed by atoms with E-state index in [0.717, 1.165) is 10.6 Å². The Morgan fingerprint density at radius 2 is 1.85 bits per heavy atom. The highest BCUT2D eigenvalue weighted by molar-refractivity contribution is 8.05. The summed E-state index contributed by atoms with van der Waals surface area (Å²) in [5.74, 6) is 0. The van der Waals surface area contributed by atoms with Crippen LogP contribution in [0.4, 0.5) is 5.69 Å². The van der Waals surface area contributed by atoms with E-state index >= 15 is 0 Å². The third kappa shape index (κ3) is 4.39. The molecule has 2 N–H and O–H groups in total. The average molecular weight is 215 g/mol. The predicted molar refractivity (Wildman–Crippen MR) is 61.0 cm³/mol. The first-order valence-corrected chi connectivity index (χ1v) is 7.77. The Morgan fingerprint density at radius 1 is 1.31 bits per heavy atom. The van der Waals surface area contributed by atoms with Gasteiger partial charge < -0.3 is 10.3 Å². The number of hydrogen-bond acceptors (Lipinski definition) is 3. The van der Waals surface area contributed by atoms with E-state index in [0.29, 0.717) is 5.49 Å². The average Bonchev–Trinajstić information content (AvgIpc) is 2.02. The zero-order chi connectivity index (χ0) is 9.90. The van der Waals surface area contributed by atoms with E-state index < -0.39 is 7.14 Å². The van der Waals surface area contributed by atoms with Gasteiger partial charge in [0.25, 0.3) is 0 Å². The van der Waals surface area contributed by atoms with Crippen molar-refractivity contribution in [3.63, 3.8) is 0 Å². The molecule has 72 valence electrons.